The van der Waals surface area contributed by atoms with Crippen LogP contribution >= 0.6 is 0 Å². The summed E-state index contributed by atoms with van der Waals surface area (Å²) in [5.41, 5.74) is 0.647. The van der Waals surface area contributed by atoms with Gasteiger partial charge in [-0.1, -0.05) is 30.3 Å². The van der Waals surface area contributed by atoms with Gasteiger partial charge >= 0.3 is 5.97 Å². The van der Waals surface area contributed by atoms with Gasteiger partial charge in [0.25, 0.3) is 10.1 Å². The standard InChI is InChI=1S/C19H27NO8S.H2/c1-14(21)16(13-17(22)20-10-12-29(24,25)27-3)9-11-28-19(23)18(26-2)15-7-5-4-6-8-15;/h4-8,16,18H,9-13H2,1-3H3,(H,20,22);1H. The minimum atomic E-state index is -3.67. The molecule has 0 aliphatic heterocycles. The number of rotatable bonds is 13. The molecule has 0 fully saturated rings. The first-order valence-corrected chi connectivity index (χ1v) is 10.6. The van der Waals surface area contributed by atoms with Gasteiger partial charge in [0.1, 0.15) is 5.78 Å². The van der Waals surface area contributed by atoms with Gasteiger partial charge < -0.3 is 14.8 Å². The Morgan fingerprint density at radius 3 is 2.34 bits per heavy atom. The van der Waals surface area contributed by atoms with Crippen molar-refractivity contribution in [1.82, 2.24) is 5.32 Å². The van der Waals surface area contributed by atoms with Crippen LogP contribution in [-0.2, 0) is 38.2 Å². The molecule has 0 aliphatic rings. The Morgan fingerprint density at radius 2 is 1.79 bits per heavy atom. The number of ether oxygens (including phenoxy) is 2. The molecule has 2 atom stereocenters. The highest BCUT2D eigenvalue weighted by Gasteiger charge is 2.23. The summed E-state index contributed by atoms with van der Waals surface area (Å²) in [4.78, 5) is 36.0. The van der Waals surface area contributed by atoms with Gasteiger partial charge in [0.15, 0.2) is 6.10 Å². The fraction of sp³-hybridized carbons (Fsp3) is 0.526. The molecule has 1 aromatic carbocycles. The molecule has 1 amide bonds. The van der Waals surface area contributed by atoms with Crippen LogP contribution in [0.3, 0.4) is 0 Å². The van der Waals surface area contributed by atoms with Crippen molar-refractivity contribution in [2.45, 2.75) is 25.9 Å². The van der Waals surface area contributed by atoms with E-state index in [1.807, 2.05) is 6.07 Å². The number of amides is 1. The quantitative estimate of drug-likeness (QED) is 0.365. The number of carbonyl (C=O) groups excluding carboxylic acids is 3. The van der Waals surface area contributed by atoms with Crippen molar-refractivity contribution in [1.29, 1.82) is 0 Å². The van der Waals surface area contributed by atoms with Crippen LogP contribution < -0.4 is 5.32 Å². The number of benzene rings is 1. The summed E-state index contributed by atoms with van der Waals surface area (Å²) < 4.78 is 37.1. The molecular formula is C19H29NO8S. The molecule has 0 saturated carbocycles. The Bertz CT molecular complexity index is 785. The predicted octanol–water partition coefficient (Wildman–Crippen LogP) is 1.24. The number of esters is 1. The van der Waals surface area contributed by atoms with Crippen molar-refractivity contribution in [3.8, 4) is 0 Å². The Balaban J connectivity index is 0.00000841. The van der Waals surface area contributed by atoms with E-state index in [4.69, 9.17) is 9.47 Å². The SMILES string of the molecule is COC(C(=O)OCCC(CC(=O)NCCS(=O)(=O)OC)C(C)=O)c1ccccc1.[HH]. The number of carbonyl (C=O) groups is 3. The van der Waals surface area contributed by atoms with Crippen LogP contribution in [0.5, 0.6) is 0 Å². The maximum Gasteiger partial charge on any atom is 0.339 e. The van der Waals surface area contributed by atoms with E-state index in [1.54, 1.807) is 24.3 Å². The summed E-state index contributed by atoms with van der Waals surface area (Å²) in [6.45, 7) is 1.17. The molecule has 0 aliphatic carbocycles. The molecule has 2 unspecified atom stereocenters. The fourth-order valence-electron chi connectivity index (χ4n) is 2.52. The van der Waals surface area contributed by atoms with Crippen molar-refractivity contribution in [2.75, 3.05) is 33.1 Å². The molecule has 164 valence electrons. The molecule has 1 N–H and O–H groups in total. The second kappa shape index (κ2) is 12.3. The van der Waals surface area contributed by atoms with E-state index in [2.05, 4.69) is 9.50 Å². The first kappa shape index (κ1) is 24.7. The van der Waals surface area contributed by atoms with Gasteiger partial charge in [0, 0.05) is 27.4 Å². The molecule has 0 bridgehead atoms. The van der Waals surface area contributed by atoms with E-state index in [0.717, 1.165) is 7.11 Å². The largest absolute Gasteiger partial charge is 0.463 e. The van der Waals surface area contributed by atoms with Gasteiger partial charge in [-0.15, -0.1) is 0 Å². The second-order valence-electron chi connectivity index (χ2n) is 6.27. The number of Topliss-reactive ketones (excluding diaryl/α,β-unsaturated/α-hetero) is 1. The van der Waals surface area contributed by atoms with Crippen LogP contribution in [0, 0.1) is 5.92 Å². The number of nitrogens with one attached hydrogen (secondary N) is 1. The molecule has 1 rings (SSSR count). The third kappa shape index (κ3) is 9.16. The zero-order valence-corrected chi connectivity index (χ0v) is 17.6. The lowest BCUT2D eigenvalue weighted by Crippen LogP contribution is -2.32. The molecule has 29 heavy (non-hydrogen) atoms. The van der Waals surface area contributed by atoms with E-state index in [1.165, 1.54) is 14.0 Å². The molecule has 0 saturated heterocycles. The topological polar surface area (TPSA) is 125 Å². The van der Waals surface area contributed by atoms with Crippen LogP contribution in [0.1, 0.15) is 32.9 Å². The normalized spacial score (nSPS) is 13.3. The second-order valence-corrected chi connectivity index (χ2v) is 8.13. The van der Waals surface area contributed by atoms with Gasteiger partial charge in [0.2, 0.25) is 5.91 Å². The van der Waals surface area contributed by atoms with Crippen LogP contribution in [0.2, 0.25) is 0 Å². The summed E-state index contributed by atoms with van der Waals surface area (Å²) >= 11 is 0. The molecule has 9 nitrogen and oxygen atoms in total. The highest BCUT2D eigenvalue weighted by Crippen LogP contribution is 2.18. The van der Waals surface area contributed by atoms with E-state index >= 15 is 0 Å². The first-order valence-electron chi connectivity index (χ1n) is 9.00. The summed E-state index contributed by atoms with van der Waals surface area (Å²) in [5, 5.41) is 2.43. The molecule has 10 heteroatoms. The Hall–Kier alpha value is -2.30. The Kier molecular flexibility index (Phi) is 10.5. The zero-order valence-electron chi connectivity index (χ0n) is 16.8. The van der Waals surface area contributed by atoms with E-state index in [0.29, 0.717) is 5.56 Å². The summed E-state index contributed by atoms with van der Waals surface area (Å²) in [6, 6.07) is 8.84. The van der Waals surface area contributed by atoms with Crippen molar-refractivity contribution in [3.63, 3.8) is 0 Å². The average Bonchev–Trinajstić information content (AvgIpc) is 2.68. The number of hydrogen-bond acceptors (Lipinski definition) is 8. The van der Waals surface area contributed by atoms with E-state index < -0.39 is 34.0 Å². The van der Waals surface area contributed by atoms with Crippen molar-refractivity contribution in [3.05, 3.63) is 35.9 Å². The fourth-order valence-corrected chi connectivity index (χ4v) is 3.04. The number of ketones is 1. The summed E-state index contributed by atoms with van der Waals surface area (Å²) in [6.07, 6.45) is -0.847. The molecular weight excluding hydrogens is 402 g/mol. The summed E-state index contributed by atoms with van der Waals surface area (Å²) in [7, 11) is -1.24. The lowest BCUT2D eigenvalue weighted by atomic mass is 9.97. The van der Waals surface area contributed by atoms with E-state index in [-0.39, 0.29) is 39.0 Å². The number of hydrogen-bond donors (Lipinski definition) is 1. The molecule has 0 spiro atoms. The van der Waals surface area contributed by atoms with Crippen LogP contribution in [0.15, 0.2) is 30.3 Å². The highest BCUT2D eigenvalue weighted by molar-refractivity contribution is 7.86. The van der Waals surface area contributed by atoms with Crippen molar-refractivity contribution in [2.24, 2.45) is 5.92 Å². The third-order valence-corrected chi connectivity index (χ3v) is 5.41. The van der Waals surface area contributed by atoms with Gasteiger partial charge in [0.05, 0.1) is 19.5 Å². The third-order valence-electron chi connectivity index (χ3n) is 4.20. The monoisotopic (exact) mass is 431 g/mol. The van der Waals surface area contributed by atoms with Crippen molar-refractivity contribution < 1.29 is 37.9 Å². The molecule has 0 heterocycles. The predicted molar refractivity (Wildman–Crippen MR) is 106 cm³/mol. The maximum absolute atomic E-state index is 12.2. The number of methoxy groups -OCH3 is 1. The van der Waals surface area contributed by atoms with Crippen LogP contribution in [0.4, 0.5) is 0 Å². The smallest absolute Gasteiger partial charge is 0.339 e. The lowest BCUT2D eigenvalue weighted by Gasteiger charge is -2.17. The maximum atomic E-state index is 12.2. The molecule has 1 aromatic rings. The zero-order chi connectivity index (χ0) is 21.9. The first-order chi connectivity index (χ1) is 13.7. The lowest BCUT2D eigenvalue weighted by molar-refractivity contribution is -0.156. The Morgan fingerprint density at radius 1 is 1.14 bits per heavy atom. The highest BCUT2D eigenvalue weighted by atomic mass is 32.2. The van der Waals surface area contributed by atoms with Gasteiger partial charge in [-0.05, 0) is 18.9 Å². The Labute approximate surface area is 172 Å². The van der Waals surface area contributed by atoms with Gasteiger partial charge in [-0.25, -0.2) is 4.79 Å². The summed E-state index contributed by atoms with van der Waals surface area (Å²) in [5.74, 6) is -2.31. The minimum absolute atomic E-state index is 0. The van der Waals surface area contributed by atoms with Gasteiger partial charge in [-0.2, -0.15) is 8.42 Å². The van der Waals surface area contributed by atoms with Gasteiger partial charge in [-0.3, -0.25) is 13.8 Å². The van der Waals surface area contributed by atoms with E-state index in [9.17, 15) is 22.8 Å². The average molecular weight is 432 g/mol. The van der Waals surface area contributed by atoms with Crippen LogP contribution in [0.25, 0.3) is 0 Å². The minimum Gasteiger partial charge on any atom is -0.463 e. The molecule has 0 radical (unpaired) electrons. The van der Waals surface area contributed by atoms with Crippen LogP contribution in [-0.4, -0.2) is 59.2 Å². The molecule has 0 aromatic heterocycles. The van der Waals surface area contributed by atoms with Crippen molar-refractivity contribution >= 4 is 27.8 Å².